The van der Waals surface area contributed by atoms with Crippen molar-refractivity contribution in [1.29, 1.82) is 0 Å². The van der Waals surface area contributed by atoms with Crippen molar-refractivity contribution in [3.63, 3.8) is 0 Å². The molecule has 1 aliphatic rings. The Hall–Kier alpha value is -3.02. The Morgan fingerprint density at radius 2 is 1.76 bits per heavy atom. The number of carbonyl (C=O) groups excluding carboxylic acids is 1. The van der Waals surface area contributed by atoms with Gasteiger partial charge in [-0.25, -0.2) is 9.97 Å². The Morgan fingerprint density at radius 1 is 1.08 bits per heavy atom. The summed E-state index contributed by atoms with van der Waals surface area (Å²) in [6.07, 6.45) is 0.414. The molecule has 1 aromatic carbocycles. The molecule has 0 saturated heterocycles. The molecule has 6 nitrogen and oxygen atoms in total. The normalized spacial score (nSPS) is 16.4. The Morgan fingerprint density at radius 3 is 2.44 bits per heavy atom. The molecule has 0 radical (unpaired) electrons. The lowest BCUT2D eigenvalue weighted by Gasteiger charge is -2.24. The zero-order valence-electron chi connectivity index (χ0n) is 14.4. The lowest BCUT2D eigenvalue weighted by Crippen LogP contribution is -2.25. The predicted octanol–water partition coefficient (Wildman–Crippen LogP) is 3.06. The molecule has 6 heteroatoms. The zero-order valence-corrected chi connectivity index (χ0v) is 14.4. The molecule has 3 aromatic rings. The predicted molar refractivity (Wildman–Crippen MR) is 94.9 cm³/mol. The van der Waals surface area contributed by atoms with Gasteiger partial charge in [-0.15, -0.1) is 0 Å². The van der Waals surface area contributed by atoms with Gasteiger partial charge in [0, 0.05) is 29.3 Å². The highest BCUT2D eigenvalue weighted by molar-refractivity contribution is 5.95. The van der Waals surface area contributed by atoms with E-state index in [0.29, 0.717) is 18.2 Å². The Kier molecular flexibility index (Phi) is 3.60. The summed E-state index contributed by atoms with van der Waals surface area (Å²) in [5.41, 5.74) is 4.76. The van der Waals surface area contributed by atoms with Gasteiger partial charge in [-0.2, -0.15) is 9.78 Å². The second-order valence-corrected chi connectivity index (χ2v) is 6.43. The highest BCUT2D eigenvalue weighted by atomic mass is 16.1. The van der Waals surface area contributed by atoms with Gasteiger partial charge in [0.2, 0.25) is 5.91 Å². The molecular weight excluding hydrogens is 314 g/mol. The molecule has 0 aliphatic carbocycles. The van der Waals surface area contributed by atoms with Crippen LogP contribution in [0.2, 0.25) is 0 Å². The molecule has 2 aromatic heterocycles. The van der Waals surface area contributed by atoms with Gasteiger partial charge < -0.3 is 5.32 Å². The molecule has 0 bridgehead atoms. The van der Waals surface area contributed by atoms with Crippen molar-refractivity contribution in [2.24, 2.45) is 0 Å². The molecule has 25 heavy (non-hydrogen) atoms. The van der Waals surface area contributed by atoms with Gasteiger partial charge in [0.1, 0.15) is 5.82 Å². The number of amides is 1. The maximum Gasteiger partial charge on any atom is 0.252 e. The summed E-state index contributed by atoms with van der Waals surface area (Å²) >= 11 is 0. The summed E-state index contributed by atoms with van der Waals surface area (Å²) in [5.74, 6) is 1.12. The average molecular weight is 333 g/mol. The fraction of sp³-hybridized carbons (Fsp3) is 0.263. The lowest BCUT2D eigenvalue weighted by atomic mass is 9.86. The molecule has 1 N–H and O–H groups in total. The van der Waals surface area contributed by atoms with Crippen LogP contribution in [0.3, 0.4) is 0 Å². The summed E-state index contributed by atoms with van der Waals surface area (Å²) in [5, 5.41) is 7.60. The third-order valence-electron chi connectivity index (χ3n) is 4.46. The van der Waals surface area contributed by atoms with Gasteiger partial charge in [0.15, 0.2) is 0 Å². The highest BCUT2D eigenvalue weighted by Gasteiger charge is 2.33. The van der Waals surface area contributed by atoms with Crippen LogP contribution in [-0.4, -0.2) is 25.7 Å². The van der Waals surface area contributed by atoms with E-state index in [1.54, 1.807) is 4.68 Å². The number of hydrogen-bond donors (Lipinski definition) is 1. The molecule has 1 aliphatic heterocycles. The molecule has 3 heterocycles. The van der Waals surface area contributed by atoms with Crippen LogP contribution in [0.1, 0.15) is 40.5 Å². The van der Waals surface area contributed by atoms with Crippen LogP contribution in [0.5, 0.6) is 0 Å². The monoisotopic (exact) mass is 333 g/mol. The quantitative estimate of drug-likeness (QED) is 0.782. The Labute approximate surface area is 145 Å². The minimum atomic E-state index is -0.0214. The third-order valence-corrected chi connectivity index (χ3v) is 4.46. The van der Waals surface area contributed by atoms with Crippen molar-refractivity contribution < 1.29 is 4.79 Å². The van der Waals surface area contributed by atoms with Gasteiger partial charge in [0.25, 0.3) is 5.95 Å². The van der Waals surface area contributed by atoms with Gasteiger partial charge in [-0.3, -0.25) is 4.79 Å². The number of nitrogens with zero attached hydrogens (tertiary/aromatic N) is 4. The maximum absolute atomic E-state index is 12.3. The van der Waals surface area contributed by atoms with Gasteiger partial charge in [-0.05, 0) is 32.4 Å². The molecular formula is C19H19N5O. The number of carbonyl (C=O) groups is 1. The summed E-state index contributed by atoms with van der Waals surface area (Å²) in [6, 6.07) is 12.0. The molecule has 126 valence electrons. The van der Waals surface area contributed by atoms with Crippen LogP contribution in [0.4, 0.5) is 5.82 Å². The smallest absolute Gasteiger partial charge is 0.252 e. The first kappa shape index (κ1) is 15.5. The summed E-state index contributed by atoms with van der Waals surface area (Å²) in [6.45, 7) is 5.81. The van der Waals surface area contributed by atoms with E-state index in [2.05, 4.69) is 32.5 Å². The molecule has 0 saturated carbocycles. The number of hydrogen-bond acceptors (Lipinski definition) is 4. The topological polar surface area (TPSA) is 72.7 Å². The van der Waals surface area contributed by atoms with Crippen molar-refractivity contribution in [2.75, 3.05) is 5.32 Å². The Balaban J connectivity index is 1.90. The van der Waals surface area contributed by atoms with Crippen molar-refractivity contribution in [2.45, 2.75) is 33.1 Å². The zero-order chi connectivity index (χ0) is 17.6. The van der Waals surface area contributed by atoms with E-state index in [4.69, 9.17) is 0 Å². The minimum absolute atomic E-state index is 0.00962. The first-order valence-electron chi connectivity index (χ1n) is 8.30. The molecule has 1 amide bonds. The number of anilines is 1. The van der Waals surface area contributed by atoms with E-state index in [-0.39, 0.29) is 11.8 Å². The van der Waals surface area contributed by atoms with E-state index in [9.17, 15) is 4.79 Å². The van der Waals surface area contributed by atoms with Crippen molar-refractivity contribution in [3.05, 3.63) is 64.6 Å². The summed E-state index contributed by atoms with van der Waals surface area (Å²) in [4.78, 5) is 21.3. The molecule has 1 atom stereocenters. The molecule has 0 unspecified atom stereocenters. The average Bonchev–Trinajstić information content (AvgIpc) is 2.91. The highest BCUT2D eigenvalue weighted by Crippen LogP contribution is 2.39. The number of rotatable bonds is 2. The van der Waals surface area contributed by atoms with Crippen LogP contribution < -0.4 is 5.32 Å². The van der Waals surface area contributed by atoms with Crippen LogP contribution in [0.25, 0.3) is 5.95 Å². The fourth-order valence-corrected chi connectivity index (χ4v) is 3.46. The standard InChI is InChI=1S/C19H19N5O/c1-11-9-12(2)21-19(20-11)24-18-17(13(3)23-24)15(10-16(25)22-18)14-7-5-4-6-8-14/h4-9,15H,10H2,1-3H3,(H,22,25)/t15-/m1/s1. The van der Waals surface area contributed by atoms with Crippen molar-refractivity contribution in [3.8, 4) is 5.95 Å². The van der Waals surface area contributed by atoms with Crippen LogP contribution in [-0.2, 0) is 4.79 Å². The number of aromatic nitrogens is 4. The van der Waals surface area contributed by atoms with E-state index >= 15 is 0 Å². The SMILES string of the molecule is Cc1cc(C)nc(-n2nc(C)c3c2NC(=O)C[C@@H]3c2ccccc2)n1. The van der Waals surface area contributed by atoms with Crippen molar-refractivity contribution >= 4 is 11.7 Å². The van der Waals surface area contributed by atoms with Gasteiger partial charge in [-0.1, -0.05) is 30.3 Å². The van der Waals surface area contributed by atoms with E-state index < -0.39 is 0 Å². The van der Waals surface area contributed by atoms with E-state index in [1.165, 1.54) is 0 Å². The Bertz CT molecular complexity index is 941. The van der Waals surface area contributed by atoms with Crippen molar-refractivity contribution in [1.82, 2.24) is 19.7 Å². The van der Waals surface area contributed by atoms with Crippen LogP contribution in [0, 0.1) is 20.8 Å². The molecule has 4 rings (SSSR count). The summed E-state index contributed by atoms with van der Waals surface area (Å²) in [7, 11) is 0. The largest absolute Gasteiger partial charge is 0.310 e. The summed E-state index contributed by atoms with van der Waals surface area (Å²) < 4.78 is 1.65. The maximum atomic E-state index is 12.3. The second kappa shape index (κ2) is 5.81. The van der Waals surface area contributed by atoms with Crippen LogP contribution >= 0.6 is 0 Å². The van der Waals surface area contributed by atoms with E-state index in [1.807, 2.05) is 45.0 Å². The molecule has 0 spiro atoms. The third kappa shape index (κ3) is 2.69. The molecule has 0 fully saturated rings. The number of fused-ring (bicyclic) bond motifs is 1. The van der Waals surface area contributed by atoms with Gasteiger partial charge in [0.05, 0.1) is 5.69 Å². The van der Waals surface area contributed by atoms with E-state index in [0.717, 1.165) is 28.2 Å². The number of benzene rings is 1. The van der Waals surface area contributed by atoms with Crippen LogP contribution in [0.15, 0.2) is 36.4 Å². The number of nitrogens with one attached hydrogen (secondary N) is 1. The lowest BCUT2D eigenvalue weighted by molar-refractivity contribution is -0.116. The first-order valence-corrected chi connectivity index (χ1v) is 8.30. The number of aryl methyl sites for hydroxylation is 3. The minimum Gasteiger partial charge on any atom is -0.310 e. The first-order chi connectivity index (χ1) is 12.0. The second-order valence-electron chi connectivity index (χ2n) is 6.43. The fourth-order valence-electron chi connectivity index (χ4n) is 3.46. The van der Waals surface area contributed by atoms with Gasteiger partial charge >= 0.3 is 0 Å².